The highest BCUT2D eigenvalue weighted by Crippen LogP contribution is 2.29. The van der Waals surface area contributed by atoms with Gasteiger partial charge in [-0.3, -0.25) is 4.79 Å². The van der Waals surface area contributed by atoms with Crippen LogP contribution in [0.25, 0.3) is 0 Å². The highest BCUT2D eigenvalue weighted by atomic mass is 16.4. The Bertz CT molecular complexity index is 410. The van der Waals surface area contributed by atoms with Gasteiger partial charge in [0.2, 0.25) is 0 Å². The van der Waals surface area contributed by atoms with Crippen LogP contribution in [0.15, 0.2) is 11.6 Å². The predicted octanol–water partition coefficient (Wildman–Crippen LogP) is 3.02. The van der Waals surface area contributed by atoms with E-state index in [0.29, 0.717) is 19.4 Å². The minimum Gasteiger partial charge on any atom is -0.481 e. The highest BCUT2D eigenvalue weighted by Gasteiger charge is 2.24. The lowest BCUT2D eigenvalue weighted by atomic mass is 9.83. The number of amides is 2. The fourth-order valence-corrected chi connectivity index (χ4v) is 2.47. The maximum absolute atomic E-state index is 12.1. The van der Waals surface area contributed by atoms with Gasteiger partial charge in [0.25, 0.3) is 0 Å². The van der Waals surface area contributed by atoms with E-state index in [1.165, 1.54) is 5.57 Å². The molecule has 120 valence electrons. The third-order valence-electron chi connectivity index (χ3n) is 3.86. The van der Waals surface area contributed by atoms with E-state index in [4.69, 9.17) is 5.11 Å². The second kappa shape index (κ2) is 7.48. The van der Waals surface area contributed by atoms with Crippen molar-refractivity contribution >= 4 is 12.0 Å². The van der Waals surface area contributed by atoms with Gasteiger partial charge >= 0.3 is 12.0 Å². The summed E-state index contributed by atoms with van der Waals surface area (Å²) >= 11 is 0. The van der Waals surface area contributed by atoms with Gasteiger partial charge < -0.3 is 15.3 Å². The number of rotatable bonds is 5. The molecule has 0 aliphatic carbocycles. The Kier molecular flexibility index (Phi) is 6.24. The van der Waals surface area contributed by atoms with Gasteiger partial charge in [-0.1, -0.05) is 32.4 Å². The fraction of sp³-hybridized carbons (Fsp3) is 0.750. The van der Waals surface area contributed by atoms with Gasteiger partial charge in [-0.2, -0.15) is 0 Å². The lowest BCUT2D eigenvalue weighted by molar-refractivity contribution is -0.137. The van der Waals surface area contributed by atoms with E-state index in [9.17, 15) is 9.59 Å². The summed E-state index contributed by atoms with van der Waals surface area (Å²) in [6.07, 6.45) is 4.50. The maximum Gasteiger partial charge on any atom is 0.317 e. The van der Waals surface area contributed by atoms with E-state index in [1.54, 1.807) is 0 Å². The first-order chi connectivity index (χ1) is 9.70. The third kappa shape index (κ3) is 6.19. The Balaban J connectivity index is 2.37. The van der Waals surface area contributed by atoms with Crippen LogP contribution in [0.2, 0.25) is 0 Å². The average Bonchev–Trinajstić information content (AvgIpc) is 2.37. The maximum atomic E-state index is 12.1. The number of carbonyl (C=O) groups excluding carboxylic acids is 1. The van der Waals surface area contributed by atoms with E-state index >= 15 is 0 Å². The number of carboxylic acid groups (broad SMARTS) is 1. The third-order valence-corrected chi connectivity index (χ3v) is 3.86. The van der Waals surface area contributed by atoms with Crippen LogP contribution in [0, 0.1) is 5.41 Å². The number of aliphatic carboxylic acids is 1. The minimum absolute atomic E-state index is 0.00448. The quantitative estimate of drug-likeness (QED) is 0.766. The van der Waals surface area contributed by atoms with Gasteiger partial charge in [0.05, 0.1) is 0 Å². The van der Waals surface area contributed by atoms with Crippen LogP contribution < -0.4 is 5.32 Å². The van der Waals surface area contributed by atoms with Crippen molar-refractivity contribution in [3.8, 4) is 0 Å². The van der Waals surface area contributed by atoms with Crippen LogP contribution in [-0.2, 0) is 4.79 Å². The number of hydrogen-bond donors (Lipinski definition) is 2. The standard InChI is InChI=1S/C16H28N2O3/c1-12(6-5-7-14(19)20)17-15(21)18-10-8-13(9-11-18)16(2,3)4/h8,12H,5-7,9-11H2,1-4H3,(H,17,21)(H,19,20). The van der Waals surface area contributed by atoms with Gasteiger partial charge in [0, 0.05) is 25.6 Å². The van der Waals surface area contributed by atoms with Crippen molar-refractivity contribution in [3.05, 3.63) is 11.6 Å². The van der Waals surface area contributed by atoms with Crippen LogP contribution in [0.1, 0.15) is 53.4 Å². The van der Waals surface area contributed by atoms with E-state index in [1.807, 2.05) is 11.8 Å². The van der Waals surface area contributed by atoms with Crippen molar-refractivity contribution in [3.63, 3.8) is 0 Å². The molecule has 0 saturated carbocycles. The van der Waals surface area contributed by atoms with Gasteiger partial charge in [-0.15, -0.1) is 0 Å². The van der Waals surface area contributed by atoms with Crippen molar-refractivity contribution in [2.45, 2.75) is 59.4 Å². The molecule has 0 bridgehead atoms. The summed E-state index contributed by atoms with van der Waals surface area (Å²) in [5.41, 5.74) is 1.58. The Morgan fingerprint density at radius 2 is 2.10 bits per heavy atom. The Morgan fingerprint density at radius 1 is 1.43 bits per heavy atom. The summed E-state index contributed by atoms with van der Waals surface area (Å²) in [6.45, 7) is 9.90. The monoisotopic (exact) mass is 296 g/mol. The molecule has 1 heterocycles. The van der Waals surface area contributed by atoms with Crippen molar-refractivity contribution < 1.29 is 14.7 Å². The molecule has 1 aliphatic heterocycles. The van der Waals surface area contributed by atoms with Gasteiger partial charge in [0.15, 0.2) is 0 Å². The molecule has 0 saturated heterocycles. The number of carbonyl (C=O) groups is 2. The molecule has 1 aliphatic rings. The molecule has 1 unspecified atom stereocenters. The molecule has 0 fully saturated rings. The van der Waals surface area contributed by atoms with E-state index < -0.39 is 5.97 Å². The van der Waals surface area contributed by atoms with Crippen LogP contribution in [-0.4, -0.2) is 41.1 Å². The van der Waals surface area contributed by atoms with Crippen LogP contribution in [0.5, 0.6) is 0 Å². The molecule has 0 aromatic heterocycles. The van der Waals surface area contributed by atoms with E-state index in [-0.39, 0.29) is 23.9 Å². The molecule has 2 amide bonds. The molecule has 0 aromatic rings. The van der Waals surface area contributed by atoms with Crippen molar-refractivity contribution in [2.24, 2.45) is 5.41 Å². The molecule has 0 radical (unpaired) electrons. The molecule has 0 spiro atoms. The number of nitrogens with zero attached hydrogens (tertiary/aromatic N) is 1. The first kappa shape index (κ1) is 17.5. The summed E-state index contributed by atoms with van der Waals surface area (Å²) in [6, 6.07) is -0.0492. The summed E-state index contributed by atoms with van der Waals surface area (Å²) in [5.74, 6) is -0.788. The molecule has 0 aromatic carbocycles. The Hall–Kier alpha value is -1.52. The van der Waals surface area contributed by atoms with Crippen LogP contribution in [0.3, 0.4) is 0 Å². The van der Waals surface area contributed by atoms with Gasteiger partial charge in [-0.05, 0) is 31.6 Å². The molecule has 5 heteroatoms. The SMILES string of the molecule is CC(CCCC(=O)O)NC(=O)N1CC=C(C(C)(C)C)CC1. The number of urea groups is 1. The predicted molar refractivity (Wildman–Crippen MR) is 83.2 cm³/mol. The lowest BCUT2D eigenvalue weighted by Crippen LogP contribution is -2.46. The van der Waals surface area contributed by atoms with Gasteiger partial charge in [0.1, 0.15) is 0 Å². The number of hydrogen-bond acceptors (Lipinski definition) is 2. The largest absolute Gasteiger partial charge is 0.481 e. The van der Waals surface area contributed by atoms with Crippen molar-refractivity contribution in [2.75, 3.05) is 13.1 Å². The smallest absolute Gasteiger partial charge is 0.317 e. The Morgan fingerprint density at radius 3 is 2.57 bits per heavy atom. The molecular weight excluding hydrogens is 268 g/mol. The second-order valence-corrected chi connectivity index (χ2v) is 6.81. The molecule has 2 N–H and O–H groups in total. The molecule has 21 heavy (non-hydrogen) atoms. The molecular formula is C16H28N2O3. The van der Waals surface area contributed by atoms with Crippen LogP contribution >= 0.6 is 0 Å². The number of carboxylic acids is 1. The molecule has 1 rings (SSSR count). The first-order valence-corrected chi connectivity index (χ1v) is 7.67. The van der Waals surface area contributed by atoms with E-state index in [0.717, 1.165) is 13.0 Å². The van der Waals surface area contributed by atoms with Crippen LogP contribution in [0.4, 0.5) is 4.79 Å². The average molecular weight is 296 g/mol. The van der Waals surface area contributed by atoms with Gasteiger partial charge in [-0.25, -0.2) is 4.79 Å². The number of nitrogens with one attached hydrogen (secondary N) is 1. The summed E-state index contributed by atoms with van der Waals surface area (Å²) in [5, 5.41) is 11.5. The summed E-state index contributed by atoms with van der Waals surface area (Å²) in [7, 11) is 0. The molecule has 5 nitrogen and oxygen atoms in total. The summed E-state index contributed by atoms with van der Waals surface area (Å²) in [4.78, 5) is 24.4. The second-order valence-electron chi connectivity index (χ2n) is 6.81. The minimum atomic E-state index is -0.788. The van der Waals surface area contributed by atoms with E-state index in [2.05, 4.69) is 32.2 Å². The highest BCUT2D eigenvalue weighted by molar-refractivity contribution is 5.75. The topological polar surface area (TPSA) is 69.6 Å². The summed E-state index contributed by atoms with van der Waals surface area (Å²) < 4.78 is 0. The zero-order valence-electron chi connectivity index (χ0n) is 13.6. The lowest BCUT2D eigenvalue weighted by Gasteiger charge is -2.32. The van der Waals surface area contributed by atoms with Crippen molar-refractivity contribution in [1.82, 2.24) is 10.2 Å². The van der Waals surface area contributed by atoms with Crippen molar-refractivity contribution in [1.29, 1.82) is 0 Å². The normalized spacial score (nSPS) is 17.1. The zero-order valence-corrected chi connectivity index (χ0v) is 13.6. The first-order valence-electron chi connectivity index (χ1n) is 7.67. The molecule has 1 atom stereocenters. The Labute approximate surface area is 127 Å². The zero-order chi connectivity index (χ0) is 16.0. The fourth-order valence-electron chi connectivity index (χ4n) is 2.47.